The van der Waals surface area contributed by atoms with Gasteiger partial charge in [0.25, 0.3) is 0 Å². The quantitative estimate of drug-likeness (QED) is 0.801. The molecule has 1 aliphatic heterocycles. The van der Waals surface area contributed by atoms with Gasteiger partial charge in [-0.2, -0.15) is 0 Å². The van der Waals surface area contributed by atoms with Crippen molar-refractivity contribution in [3.05, 3.63) is 35.4 Å². The SMILES string of the molecule is c1ccc2c(c1)CCC(CC1=NCCN1)C2. The molecular weight excluding hydrogens is 196 g/mol. The van der Waals surface area contributed by atoms with E-state index in [0.29, 0.717) is 0 Å². The Morgan fingerprint density at radius 2 is 2.12 bits per heavy atom. The number of nitrogens with zero attached hydrogens (tertiary/aromatic N) is 1. The van der Waals surface area contributed by atoms with E-state index in [-0.39, 0.29) is 0 Å². The standard InChI is InChI=1S/C14H18N2/c1-2-4-13-9-11(5-6-12(13)3-1)10-14-15-7-8-16-14/h1-4,11H,5-10H2,(H,15,16). The van der Waals surface area contributed by atoms with E-state index in [9.17, 15) is 0 Å². The average molecular weight is 214 g/mol. The summed E-state index contributed by atoms with van der Waals surface area (Å²) >= 11 is 0. The lowest BCUT2D eigenvalue weighted by atomic mass is 9.82. The van der Waals surface area contributed by atoms with Gasteiger partial charge in [0, 0.05) is 13.0 Å². The van der Waals surface area contributed by atoms with Crippen LogP contribution in [0.4, 0.5) is 0 Å². The lowest BCUT2D eigenvalue weighted by Gasteiger charge is -2.24. The molecule has 1 aliphatic carbocycles. The van der Waals surface area contributed by atoms with Crippen LogP contribution in [0.5, 0.6) is 0 Å². The number of benzene rings is 1. The number of hydrogen-bond acceptors (Lipinski definition) is 2. The highest BCUT2D eigenvalue weighted by molar-refractivity contribution is 5.83. The second-order valence-electron chi connectivity index (χ2n) is 4.84. The lowest BCUT2D eigenvalue weighted by Crippen LogP contribution is -2.24. The summed E-state index contributed by atoms with van der Waals surface area (Å²) in [7, 11) is 0. The number of amidine groups is 1. The number of aryl methyl sites for hydroxylation is 1. The highest BCUT2D eigenvalue weighted by atomic mass is 15.1. The molecule has 3 rings (SSSR count). The molecule has 0 saturated carbocycles. The number of hydrogen-bond donors (Lipinski definition) is 1. The van der Waals surface area contributed by atoms with Crippen molar-refractivity contribution in [1.82, 2.24) is 5.32 Å². The Morgan fingerprint density at radius 3 is 2.94 bits per heavy atom. The maximum Gasteiger partial charge on any atom is 0.0967 e. The van der Waals surface area contributed by atoms with E-state index < -0.39 is 0 Å². The smallest absolute Gasteiger partial charge is 0.0967 e. The van der Waals surface area contributed by atoms with Gasteiger partial charge in [-0.1, -0.05) is 24.3 Å². The van der Waals surface area contributed by atoms with Crippen LogP contribution in [-0.2, 0) is 12.8 Å². The van der Waals surface area contributed by atoms with Gasteiger partial charge in [-0.05, 0) is 36.3 Å². The van der Waals surface area contributed by atoms with Gasteiger partial charge < -0.3 is 5.32 Å². The summed E-state index contributed by atoms with van der Waals surface area (Å²) < 4.78 is 0. The van der Waals surface area contributed by atoms with Crippen molar-refractivity contribution < 1.29 is 0 Å². The zero-order valence-corrected chi connectivity index (χ0v) is 9.58. The normalized spacial score (nSPS) is 23.5. The Balaban J connectivity index is 1.68. The summed E-state index contributed by atoms with van der Waals surface area (Å²) in [6.45, 7) is 2.01. The molecule has 1 aromatic rings. The van der Waals surface area contributed by atoms with Crippen molar-refractivity contribution in [1.29, 1.82) is 0 Å². The minimum Gasteiger partial charge on any atom is -0.372 e. The molecule has 1 heterocycles. The van der Waals surface area contributed by atoms with E-state index in [2.05, 4.69) is 34.6 Å². The summed E-state index contributed by atoms with van der Waals surface area (Å²) in [5.74, 6) is 2.03. The molecule has 1 atom stereocenters. The Morgan fingerprint density at radius 1 is 1.25 bits per heavy atom. The monoisotopic (exact) mass is 214 g/mol. The molecule has 0 fully saturated rings. The third kappa shape index (κ3) is 1.97. The molecule has 1 N–H and O–H groups in total. The minimum absolute atomic E-state index is 0.791. The third-order valence-electron chi connectivity index (χ3n) is 3.67. The zero-order valence-electron chi connectivity index (χ0n) is 9.58. The van der Waals surface area contributed by atoms with Crippen LogP contribution in [0.1, 0.15) is 24.0 Å². The molecule has 2 aliphatic rings. The highest BCUT2D eigenvalue weighted by Crippen LogP contribution is 2.27. The second-order valence-corrected chi connectivity index (χ2v) is 4.84. The maximum absolute atomic E-state index is 4.49. The summed E-state index contributed by atoms with van der Waals surface area (Å²) in [5.41, 5.74) is 3.11. The lowest BCUT2D eigenvalue weighted by molar-refractivity contribution is 0.471. The Labute approximate surface area is 96.8 Å². The van der Waals surface area contributed by atoms with Gasteiger partial charge in [0.15, 0.2) is 0 Å². The summed E-state index contributed by atoms with van der Waals surface area (Å²) in [5, 5.41) is 3.38. The zero-order chi connectivity index (χ0) is 10.8. The van der Waals surface area contributed by atoms with E-state index in [4.69, 9.17) is 0 Å². The molecule has 0 spiro atoms. The minimum atomic E-state index is 0.791. The van der Waals surface area contributed by atoms with Crippen LogP contribution < -0.4 is 5.32 Å². The fraction of sp³-hybridized carbons (Fsp3) is 0.500. The second kappa shape index (κ2) is 4.28. The van der Waals surface area contributed by atoms with Crippen LogP contribution in [0.25, 0.3) is 0 Å². The van der Waals surface area contributed by atoms with Crippen LogP contribution in [0.15, 0.2) is 29.3 Å². The fourth-order valence-corrected chi connectivity index (χ4v) is 2.80. The summed E-state index contributed by atoms with van der Waals surface area (Å²) in [4.78, 5) is 4.49. The maximum atomic E-state index is 4.49. The number of fused-ring (bicyclic) bond motifs is 1. The van der Waals surface area contributed by atoms with Gasteiger partial charge in [0.1, 0.15) is 0 Å². The first-order valence-corrected chi connectivity index (χ1v) is 6.26. The Hall–Kier alpha value is -1.31. The van der Waals surface area contributed by atoms with Crippen LogP contribution in [0, 0.1) is 5.92 Å². The van der Waals surface area contributed by atoms with Crippen LogP contribution >= 0.6 is 0 Å². The van der Waals surface area contributed by atoms with Gasteiger partial charge in [-0.3, -0.25) is 4.99 Å². The molecule has 2 nitrogen and oxygen atoms in total. The van der Waals surface area contributed by atoms with Crippen LogP contribution in [0.2, 0.25) is 0 Å². The molecule has 2 heteroatoms. The van der Waals surface area contributed by atoms with Crippen molar-refractivity contribution in [2.24, 2.45) is 10.9 Å². The van der Waals surface area contributed by atoms with E-state index in [1.807, 2.05) is 0 Å². The largest absolute Gasteiger partial charge is 0.372 e. The average Bonchev–Trinajstić information content (AvgIpc) is 2.82. The molecule has 0 radical (unpaired) electrons. The first-order chi connectivity index (χ1) is 7.92. The summed E-state index contributed by atoms with van der Waals surface area (Å²) in [6.07, 6.45) is 4.94. The van der Waals surface area contributed by atoms with Gasteiger partial charge in [0.05, 0.1) is 12.4 Å². The van der Waals surface area contributed by atoms with Crippen molar-refractivity contribution >= 4 is 5.84 Å². The van der Waals surface area contributed by atoms with Crippen molar-refractivity contribution in [3.63, 3.8) is 0 Å². The van der Waals surface area contributed by atoms with Gasteiger partial charge in [-0.25, -0.2) is 0 Å². The molecule has 1 aromatic carbocycles. The van der Waals surface area contributed by atoms with Gasteiger partial charge in [0.2, 0.25) is 0 Å². The van der Waals surface area contributed by atoms with Crippen LogP contribution in [-0.4, -0.2) is 18.9 Å². The van der Waals surface area contributed by atoms with Crippen molar-refractivity contribution in [2.75, 3.05) is 13.1 Å². The third-order valence-corrected chi connectivity index (χ3v) is 3.67. The molecule has 16 heavy (non-hydrogen) atoms. The van der Waals surface area contributed by atoms with E-state index in [1.54, 1.807) is 11.1 Å². The Kier molecular flexibility index (Phi) is 2.65. The summed E-state index contributed by atoms with van der Waals surface area (Å²) in [6, 6.07) is 8.87. The molecule has 0 aromatic heterocycles. The first-order valence-electron chi connectivity index (χ1n) is 6.26. The highest BCUT2D eigenvalue weighted by Gasteiger charge is 2.20. The van der Waals surface area contributed by atoms with Gasteiger partial charge >= 0.3 is 0 Å². The predicted octanol–water partition coefficient (Wildman–Crippen LogP) is 2.18. The number of nitrogens with one attached hydrogen (secondary N) is 1. The molecule has 0 bridgehead atoms. The molecule has 84 valence electrons. The van der Waals surface area contributed by atoms with E-state index >= 15 is 0 Å². The molecule has 0 saturated heterocycles. The fourth-order valence-electron chi connectivity index (χ4n) is 2.80. The van der Waals surface area contributed by atoms with Gasteiger partial charge in [-0.15, -0.1) is 0 Å². The molecular formula is C14H18N2. The molecule has 0 amide bonds. The van der Waals surface area contributed by atoms with Crippen LogP contribution in [0.3, 0.4) is 0 Å². The van der Waals surface area contributed by atoms with Crippen molar-refractivity contribution in [2.45, 2.75) is 25.7 Å². The van der Waals surface area contributed by atoms with E-state index in [1.165, 1.54) is 25.1 Å². The first kappa shape index (κ1) is 9.88. The predicted molar refractivity (Wildman–Crippen MR) is 66.9 cm³/mol. The number of rotatable bonds is 2. The number of aliphatic imine (C=N–C) groups is 1. The molecule has 1 unspecified atom stereocenters. The van der Waals surface area contributed by atoms with Crippen molar-refractivity contribution in [3.8, 4) is 0 Å². The topological polar surface area (TPSA) is 24.4 Å². The Bertz CT molecular complexity index is 409. The van der Waals surface area contributed by atoms with E-state index in [0.717, 1.165) is 25.4 Å².